The lowest BCUT2D eigenvalue weighted by atomic mass is 9.82. The molecule has 2 aliphatic rings. The van der Waals surface area contributed by atoms with Crippen LogP contribution in [0.15, 0.2) is 46.9 Å². The molecule has 0 aliphatic carbocycles. The maximum atomic E-state index is 13.0. The van der Waals surface area contributed by atoms with E-state index in [9.17, 15) is 4.79 Å². The lowest BCUT2D eigenvalue weighted by Crippen LogP contribution is -2.49. The van der Waals surface area contributed by atoms with Crippen molar-refractivity contribution in [3.8, 4) is 11.5 Å². The van der Waals surface area contributed by atoms with Gasteiger partial charge in [-0.1, -0.05) is 34.1 Å². The summed E-state index contributed by atoms with van der Waals surface area (Å²) in [6.07, 6.45) is 1.45. The first-order valence-corrected chi connectivity index (χ1v) is 9.02. The van der Waals surface area contributed by atoms with Gasteiger partial charge in [-0.05, 0) is 42.7 Å². The van der Waals surface area contributed by atoms with E-state index in [4.69, 9.17) is 14.2 Å². The number of nitrogens with one attached hydrogen (secondary N) is 1. The van der Waals surface area contributed by atoms with Gasteiger partial charge in [0, 0.05) is 17.7 Å². The van der Waals surface area contributed by atoms with Gasteiger partial charge in [-0.25, -0.2) is 0 Å². The number of carbonyl (C=O) groups is 1. The summed E-state index contributed by atoms with van der Waals surface area (Å²) in [5, 5.41) is 3.25. The molecule has 0 aromatic heterocycles. The second kappa shape index (κ2) is 6.69. The highest BCUT2D eigenvalue weighted by Gasteiger charge is 2.37. The Morgan fingerprint density at radius 3 is 2.68 bits per heavy atom. The number of carbonyl (C=O) groups excluding carboxylic acids is 1. The maximum Gasteiger partial charge on any atom is 0.255 e. The van der Waals surface area contributed by atoms with E-state index >= 15 is 0 Å². The Bertz CT molecular complexity index is 802. The topological polar surface area (TPSA) is 56.8 Å². The predicted molar refractivity (Wildman–Crippen MR) is 95.9 cm³/mol. The van der Waals surface area contributed by atoms with Crippen LogP contribution in [0.2, 0.25) is 0 Å². The van der Waals surface area contributed by atoms with Crippen molar-refractivity contribution in [2.24, 2.45) is 0 Å². The summed E-state index contributed by atoms with van der Waals surface area (Å²) in [5.41, 5.74) is 1.11. The number of hydrogen-bond donors (Lipinski definition) is 1. The number of rotatable bonds is 3. The third-order valence-electron chi connectivity index (χ3n) is 4.72. The zero-order chi connectivity index (χ0) is 17.3. The van der Waals surface area contributed by atoms with E-state index in [2.05, 4.69) is 27.3 Å². The second-order valence-corrected chi connectivity index (χ2v) is 7.11. The van der Waals surface area contributed by atoms with Crippen LogP contribution in [-0.4, -0.2) is 25.9 Å². The van der Waals surface area contributed by atoms with E-state index in [0.717, 1.165) is 22.9 Å². The van der Waals surface area contributed by atoms with Gasteiger partial charge in [0.15, 0.2) is 11.5 Å². The van der Waals surface area contributed by atoms with Crippen LogP contribution in [0.5, 0.6) is 11.5 Å². The van der Waals surface area contributed by atoms with Crippen LogP contribution >= 0.6 is 15.9 Å². The largest absolute Gasteiger partial charge is 0.454 e. The van der Waals surface area contributed by atoms with Crippen molar-refractivity contribution in [3.05, 3.63) is 58.1 Å². The van der Waals surface area contributed by atoms with Gasteiger partial charge in [-0.3, -0.25) is 4.79 Å². The van der Waals surface area contributed by atoms with Crippen LogP contribution in [0.25, 0.3) is 0 Å². The van der Waals surface area contributed by atoms with Gasteiger partial charge in [0.2, 0.25) is 6.79 Å². The fraction of sp³-hybridized carbons (Fsp3) is 0.316. The molecule has 0 unspecified atom stereocenters. The molecule has 1 amide bonds. The second-order valence-electron chi connectivity index (χ2n) is 6.20. The number of benzene rings is 2. The van der Waals surface area contributed by atoms with E-state index in [1.807, 2.05) is 18.2 Å². The Hall–Kier alpha value is -2.05. The van der Waals surface area contributed by atoms with Crippen molar-refractivity contribution in [2.45, 2.75) is 18.4 Å². The summed E-state index contributed by atoms with van der Waals surface area (Å²) in [5.74, 6) is 0.955. The molecule has 25 heavy (non-hydrogen) atoms. The van der Waals surface area contributed by atoms with Gasteiger partial charge in [-0.2, -0.15) is 0 Å². The van der Waals surface area contributed by atoms with Crippen molar-refractivity contribution in [1.29, 1.82) is 0 Å². The minimum Gasteiger partial charge on any atom is -0.454 e. The summed E-state index contributed by atoms with van der Waals surface area (Å²) >= 11 is 3.52. The molecule has 0 saturated carbocycles. The molecule has 2 aromatic carbocycles. The van der Waals surface area contributed by atoms with Crippen LogP contribution in [0.1, 0.15) is 28.8 Å². The number of halogens is 1. The molecule has 0 atom stereocenters. The van der Waals surface area contributed by atoms with Crippen molar-refractivity contribution in [2.75, 3.05) is 20.0 Å². The Labute approximate surface area is 154 Å². The lowest BCUT2D eigenvalue weighted by molar-refractivity contribution is 0.0344. The first kappa shape index (κ1) is 16.4. The molecule has 130 valence electrons. The van der Waals surface area contributed by atoms with E-state index in [1.165, 1.54) is 0 Å². The van der Waals surface area contributed by atoms with Crippen molar-refractivity contribution >= 4 is 21.8 Å². The third-order valence-corrected chi connectivity index (χ3v) is 5.21. The highest BCUT2D eigenvalue weighted by Crippen LogP contribution is 2.38. The third kappa shape index (κ3) is 3.12. The molecule has 6 heteroatoms. The normalized spacial score (nSPS) is 18.0. The first-order chi connectivity index (χ1) is 12.2. The maximum absolute atomic E-state index is 13.0. The van der Waals surface area contributed by atoms with Crippen molar-refractivity contribution in [1.82, 2.24) is 5.32 Å². The summed E-state index contributed by atoms with van der Waals surface area (Å²) in [4.78, 5) is 13.0. The first-order valence-electron chi connectivity index (χ1n) is 8.23. The smallest absolute Gasteiger partial charge is 0.255 e. The number of fused-ring (bicyclic) bond motifs is 1. The summed E-state index contributed by atoms with van der Waals surface area (Å²) in [6.45, 7) is 1.36. The predicted octanol–water partition coefficient (Wildman–Crippen LogP) is 3.61. The van der Waals surface area contributed by atoms with Crippen molar-refractivity contribution in [3.63, 3.8) is 0 Å². The molecule has 1 N–H and O–H groups in total. The molecule has 0 spiro atoms. The van der Waals surface area contributed by atoms with Crippen LogP contribution in [-0.2, 0) is 10.3 Å². The number of amides is 1. The monoisotopic (exact) mass is 403 g/mol. The molecular weight excluding hydrogens is 386 g/mol. The molecule has 1 saturated heterocycles. The highest BCUT2D eigenvalue weighted by atomic mass is 79.9. The van der Waals surface area contributed by atoms with Crippen LogP contribution < -0.4 is 14.8 Å². The zero-order valence-electron chi connectivity index (χ0n) is 13.6. The van der Waals surface area contributed by atoms with Gasteiger partial charge >= 0.3 is 0 Å². The van der Waals surface area contributed by atoms with Gasteiger partial charge < -0.3 is 19.5 Å². The van der Waals surface area contributed by atoms with Crippen LogP contribution in [0, 0.1) is 0 Å². The minimum atomic E-state index is -0.457. The summed E-state index contributed by atoms with van der Waals surface area (Å²) < 4.78 is 17.4. The van der Waals surface area contributed by atoms with E-state index < -0.39 is 5.54 Å². The fourth-order valence-corrected chi connectivity index (χ4v) is 3.78. The molecule has 0 radical (unpaired) electrons. The summed E-state index contributed by atoms with van der Waals surface area (Å²) in [6, 6.07) is 13.4. The Balaban J connectivity index is 1.68. The Morgan fingerprint density at radius 2 is 1.88 bits per heavy atom. The molecule has 5 nitrogen and oxygen atoms in total. The standard InChI is InChI=1S/C19H18BrNO4/c20-14-4-1-3-13(11-14)19(7-9-23-10-8-19)21-18(22)15-5-2-6-16-17(15)25-12-24-16/h1-6,11H,7-10,12H2,(H,21,22). The molecule has 4 rings (SSSR count). The zero-order valence-corrected chi connectivity index (χ0v) is 15.2. The average molecular weight is 404 g/mol. The SMILES string of the molecule is O=C(NC1(c2cccc(Br)c2)CCOCC1)c1cccc2c1OCO2. The van der Waals surface area contributed by atoms with E-state index in [-0.39, 0.29) is 12.7 Å². The molecule has 0 bridgehead atoms. The lowest BCUT2D eigenvalue weighted by Gasteiger charge is -2.38. The van der Waals surface area contributed by atoms with Gasteiger partial charge in [0.05, 0.1) is 11.1 Å². The summed E-state index contributed by atoms with van der Waals surface area (Å²) in [7, 11) is 0. The highest BCUT2D eigenvalue weighted by molar-refractivity contribution is 9.10. The van der Waals surface area contributed by atoms with Crippen LogP contribution in [0.3, 0.4) is 0 Å². The van der Waals surface area contributed by atoms with E-state index in [0.29, 0.717) is 30.3 Å². The molecule has 1 fully saturated rings. The number of para-hydroxylation sites is 1. The fourth-order valence-electron chi connectivity index (χ4n) is 3.39. The minimum absolute atomic E-state index is 0.143. The molecular formula is C19H18BrNO4. The quantitative estimate of drug-likeness (QED) is 0.849. The van der Waals surface area contributed by atoms with Crippen molar-refractivity contribution < 1.29 is 19.0 Å². The Morgan fingerprint density at radius 1 is 1.08 bits per heavy atom. The van der Waals surface area contributed by atoms with Gasteiger partial charge in [-0.15, -0.1) is 0 Å². The van der Waals surface area contributed by atoms with Gasteiger partial charge in [0.25, 0.3) is 5.91 Å². The molecule has 2 aromatic rings. The Kier molecular flexibility index (Phi) is 4.39. The van der Waals surface area contributed by atoms with E-state index in [1.54, 1.807) is 18.2 Å². The van der Waals surface area contributed by atoms with Gasteiger partial charge in [0.1, 0.15) is 0 Å². The molecule has 2 heterocycles. The number of ether oxygens (including phenoxy) is 3. The van der Waals surface area contributed by atoms with Crippen LogP contribution in [0.4, 0.5) is 0 Å². The molecule has 2 aliphatic heterocycles. The number of hydrogen-bond acceptors (Lipinski definition) is 4. The average Bonchev–Trinajstić information content (AvgIpc) is 3.11.